The SMILES string of the molecule is NC(N)=NCCCC(NC(=O)C(CO)NC(=O)C(Cc1c[nH]c2ccccc12)NC(=O)C(N)Cc1c[nH]c2ccccc12)C(=O)O. The number of aliphatic hydroxyl groups is 1. The number of hydrogen-bond donors (Lipinski definition) is 10. The lowest BCUT2D eigenvalue weighted by Crippen LogP contribution is -2.58. The van der Waals surface area contributed by atoms with Crippen molar-refractivity contribution in [1.82, 2.24) is 25.9 Å². The predicted octanol–water partition coefficient (Wildman–Crippen LogP) is -0.653. The highest BCUT2D eigenvalue weighted by Gasteiger charge is 2.31. The van der Waals surface area contributed by atoms with Gasteiger partial charge >= 0.3 is 5.97 Å². The van der Waals surface area contributed by atoms with Crippen LogP contribution in [0.1, 0.15) is 24.0 Å². The van der Waals surface area contributed by atoms with E-state index >= 15 is 0 Å². The molecule has 4 rings (SSSR count). The van der Waals surface area contributed by atoms with Crippen LogP contribution in [0.25, 0.3) is 21.8 Å². The fourth-order valence-electron chi connectivity index (χ4n) is 5.14. The average Bonchev–Trinajstić information content (AvgIpc) is 3.64. The molecule has 15 nitrogen and oxygen atoms in total. The van der Waals surface area contributed by atoms with Crippen molar-refractivity contribution in [2.24, 2.45) is 22.2 Å². The van der Waals surface area contributed by atoms with Gasteiger partial charge in [0.25, 0.3) is 0 Å². The number of aliphatic carboxylic acids is 1. The van der Waals surface area contributed by atoms with Gasteiger partial charge in [-0.25, -0.2) is 4.79 Å². The largest absolute Gasteiger partial charge is 0.480 e. The van der Waals surface area contributed by atoms with E-state index in [1.807, 2.05) is 48.5 Å². The van der Waals surface area contributed by atoms with Gasteiger partial charge in [0, 0.05) is 47.2 Å². The lowest BCUT2D eigenvalue weighted by molar-refractivity contribution is -0.142. The van der Waals surface area contributed by atoms with Crippen molar-refractivity contribution in [3.05, 3.63) is 72.1 Å². The number of aliphatic imine (C=N–C) groups is 1. The van der Waals surface area contributed by atoms with Gasteiger partial charge < -0.3 is 53.3 Å². The van der Waals surface area contributed by atoms with Crippen LogP contribution in [0.5, 0.6) is 0 Å². The quantitative estimate of drug-likeness (QED) is 0.0426. The Morgan fingerprint density at radius 2 is 1.28 bits per heavy atom. The highest BCUT2D eigenvalue weighted by atomic mass is 16.4. The molecule has 13 N–H and O–H groups in total. The monoisotopic (exact) mass is 633 g/mol. The van der Waals surface area contributed by atoms with E-state index < -0.39 is 54.5 Å². The van der Waals surface area contributed by atoms with Crippen LogP contribution < -0.4 is 33.2 Å². The molecular weight excluding hydrogens is 594 g/mol. The van der Waals surface area contributed by atoms with E-state index in [-0.39, 0.29) is 38.2 Å². The molecule has 0 aliphatic rings. The number of nitrogens with zero attached hydrogens (tertiary/aromatic N) is 1. The second-order valence-corrected chi connectivity index (χ2v) is 10.9. The first-order valence-corrected chi connectivity index (χ1v) is 14.7. The van der Waals surface area contributed by atoms with Gasteiger partial charge in [-0.15, -0.1) is 0 Å². The molecule has 2 aromatic carbocycles. The van der Waals surface area contributed by atoms with Crippen LogP contribution >= 0.6 is 0 Å². The number of carbonyl (C=O) groups excluding carboxylic acids is 3. The number of aliphatic hydroxyl groups excluding tert-OH is 1. The van der Waals surface area contributed by atoms with E-state index in [1.54, 1.807) is 12.4 Å². The molecule has 4 unspecified atom stereocenters. The molecule has 2 aromatic heterocycles. The summed E-state index contributed by atoms with van der Waals surface area (Å²) >= 11 is 0. The summed E-state index contributed by atoms with van der Waals surface area (Å²) in [5, 5.41) is 28.8. The van der Waals surface area contributed by atoms with Crippen molar-refractivity contribution in [3.63, 3.8) is 0 Å². The number of nitrogens with two attached hydrogens (primary N) is 3. The lowest BCUT2D eigenvalue weighted by atomic mass is 10.0. The zero-order chi connectivity index (χ0) is 33.2. The van der Waals surface area contributed by atoms with Gasteiger partial charge in [0.05, 0.1) is 12.6 Å². The fourth-order valence-corrected chi connectivity index (χ4v) is 5.14. The Bertz CT molecular complexity index is 1710. The fraction of sp³-hybridized carbons (Fsp3) is 0.323. The van der Waals surface area contributed by atoms with Gasteiger partial charge in [-0.2, -0.15) is 0 Å². The van der Waals surface area contributed by atoms with Gasteiger partial charge in [0.1, 0.15) is 18.1 Å². The Kier molecular flexibility index (Phi) is 11.3. The first-order valence-electron chi connectivity index (χ1n) is 14.7. The summed E-state index contributed by atoms with van der Waals surface area (Å²) in [5.41, 5.74) is 20.1. The van der Waals surface area contributed by atoms with Crippen LogP contribution in [-0.2, 0) is 32.0 Å². The second kappa shape index (κ2) is 15.5. The minimum Gasteiger partial charge on any atom is -0.480 e. The third-order valence-electron chi connectivity index (χ3n) is 7.56. The topological polar surface area (TPSA) is 267 Å². The molecule has 3 amide bonds. The molecular formula is C31H39N9O6. The Labute approximate surface area is 264 Å². The van der Waals surface area contributed by atoms with E-state index in [0.29, 0.717) is 0 Å². The number of para-hydroxylation sites is 2. The van der Waals surface area contributed by atoms with Crippen LogP contribution in [-0.4, -0.2) is 87.2 Å². The molecule has 4 atom stereocenters. The van der Waals surface area contributed by atoms with Gasteiger partial charge in [-0.3, -0.25) is 19.4 Å². The van der Waals surface area contributed by atoms with Crippen molar-refractivity contribution in [2.75, 3.05) is 13.2 Å². The normalized spacial score (nSPS) is 13.8. The van der Waals surface area contributed by atoms with Crippen LogP contribution in [0.2, 0.25) is 0 Å². The Morgan fingerprint density at radius 3 is 1.85 bits per heavy atom. The van der Waals surface area contributed by atoms with Crippen molar-refractivity contribution >= 4 is 51.5 Å². The maximum atomic E-state index is 13.6. The number of aromatic nitrogens is 2. The van der Waals surface area contributed by atoms with Crippen molar-refractivity contribution < 1.29 is 29.4 Å². The first kappa shape index (κ1) is 33.5. The number of fused-ring (bicyclic) bond motifs is 2. The minimum atomic E-state index is -1.51. The number of hydrogen-bond acceptors (Lipinski definition) is 7. The van der Waals surface area contributed by atoms with Gasteiger partial charge in [-0.1, -0.05) is 36.4 Å². The standard InChI is InChI=1S/C31H39N9O6/c32-21(12-17-14-36-22-8-3-1-6-19(17)22)27(42)39-25(13-18-15-37-23-9-4-2-7-20(18)23)28(43)40-26(16-41)29(44)38-24(30(45)46)10-5-11-35-31(33)34/h1-4,6-9,14-15,21,24-26,36-37,41H,5,10-13,16,32H2,(H,38,44)(H,39,42)(H,40,43)(H,45,46)(H4,33,34,35). The molecule has 0 aliphatic carbocycles. The summed E-state index contributed by atoms with van der Waals surface area (Å²) < 4.78 is 0. The molecule has 2 heterocycles. The number of H-pyrrole nitrogens is 2. The van der Waals surface area contributed by atoms with E-state index in [1.165, 1.54) is 0 Å². The summed E-state index contributed by atoms with van der Waals surface area (Å²) in [5.74, 6) is -3.74. The van der Waals surface area contributed by atoms with Crippen LogP contribution in [0.4, 0.5) is 0 Å². The van der Waals surface area contributed by atoms with E-state index in [4.69, 9.17) is 17.2 Å². The second-order valence-electron chi connectivity index (χ2n) is 10.9. The van der Waals surface area contributed by atoms with Gasteiger partial charge in [-0.05, 0) is 42.5 Å². The molecule has 244 valence electrons. The molecule has 0 radical (unpaired) electrons. The highest BCUT2D eigenvalue weighted by molar-refractivity contribution is 5.95. The maximum absolute atomic E-state index is 13.6. The predicted molar refractivity (Wildman–Crippen MR) is 172 cm³/mol. The Balaban J connectivity index is 1.48. The zero-order valence-electron chi connectivity index (χ0n) is 25.0. The molecule has 0 bridgehead atoms. The smallest absolute Gasteiger partial charge is 0.326 e. The zero-order valence-corrected chi connectivity index (χ0v) is 25.0. The average molecular weight is 634 g/mol. The Hall–Kier alpha value is -5.41. The van der Waals surface area contributed by atoms with Crippen LogP contribution in [0.3, 0.4) is 0 Å². The molecule has 4 aromatic rings. The minimum absolute atomic E-state index is 0.00247. The number of nitrogens with one attached hydrogen (secondary N) is 5. The molecule has 0 spiro atoms. The summed E-state index contributed by atoms with van der Waals surface area (Å²) in [6, 6.07) is 9.99. The molecule has 0 aliphatic heterocycles. The number of benzene rings is 2. The summed E-state index contributed by atoms with van der Waals surface area (Å²) in [6.45, 7) is -0.675. The third kappa shape index (κ3) is 8.61. The van der Waals surface area contributed by atoms with Crippen molar-refractivity contribution in [2.45, 2.75) is 49.9 Å². The van der Waals surface area contributed by atoms with Crippen molar-refractivity contribution in [1.29, 1.82) is 0 Å². The third-order valence-corrected chi connectivity index (χ3v) is 7.56. The Morgan fingerprint density at radius 1 is 0.761 bits per heavy atom. The van der Waals surface area contributed by atoms with Crippen LogP contribution in [0.15, 0.2) is 65.9 Å². The van der Waals surface area contributed by atoms with E-state index in [2.05, 4.69) is 30.9 Å². The lowest BCUT2D eigenvalue weighted by Gasteiger charge is -2.24. The van der Waals surface area contributed by atoms with E-state index in [0.717, 1.165) is 32.9 Å². The number of guanidine groups is 1. The van der Waals surface area contributed by atoms with E-state index in [9.17, 15) is 29.4 Å². The number of carbonyl (C=O) groups is 4. The molecule has 46 heavy (non-hydrogen) atoms. The summed E-state index contributed by atoms with van der Waals surface area (Å²) in [7, 11) is 0. The van der Waals surface area contributed by atoms with Gasteiger partial charge in [0.2, 0.25) is 17.7 Å². The number of amides is 3. The summed E-state index contributed by atoms with van der Waals surface area (Å²) in [4.78, 5) is 61.7. The molecule has 0 fully saturated rings. The van der Waals surface area contributed by atoms with Crippen LogP contribution in [0, 0.1) is 0 Å². The molecule has 15 heteroatoms. The number of rotatable bonds is 16. The maximum Gasteiger partial charge on any atom is 0.326 e. The first-order chi connectivity index (χ1) is 22.1. The van der Waals surface area contributed by atoms with Gasteiger partial charge in [0.15, 0.2) is 5.96 Å². The number of carboxylic acids is 1. The molecule has 0 saturated heterocycles. The summed E-state index contributed by atoms with van der Waals surface area (Å²) in [6.07, 6.45) is 3.98. The highest BCUT2D eigenvalue weighted by Crippen LogP contribution is 2.21. The molecule has 0 saturated carbocycles. The van der Waals surface area contributed by atoms with Crippen molar-refractivity contribution in [3.8, 4) is 0 Å². The number of carboxylic acid groups (broad SMARTS) is 1. The number of aromatic amines is 2.